The van der Waals surface area contributed by atoms with E-state index in [2.05, 4.69) is 36.5 Å². The molecule has 2 aromatic rings. The van der Waals surface area contributed by atoms with Crippen LogP contribution in [0.4, 0.5) is 10.5 Å². The maximum Gasteiger partial charge on any atom is 0.322 e. The molecule has 5 heteroatoms. The van der Waals surface area contributed by atoms with E-state index in [1.54, 1.807) is 0 Å². The summed E-state index contributed by atoms with van der Waals surface area (Å²) < 4.78 is 5.42. The molecular weight excluding hydrogens is 302 g/mol. The first kappa shape index (κ1) is 16.6. The molecule has 0 saturated carbocycles. The van der Waals surface area contributed by atoms with Gasteiger partial charge in [-0.25, -0.2) is 4.79 Å². The van der Waals surface area contributed by atoms with Gasteiger partial charge < -0.3 is 14.7 Å². The van der Waals surface area contributed by atoms with Crippen molar-refractivity contribution in [2.75, 3.05) is 11.9 Å². The second-order valence-corrected chi connectivity index (χ2v) is 6.29. The number of likely N-dealkylation sites (tertiary alicyclic amines) is 1. The highest BCUT2D eigenvalue weighted by Gasteiger charge is 2.34. The molecule has 128 valence electrons. The molecule has 1 atom stereocenters. The Labute approximate surface area is 143 Å². The first-order valence-corrected chi connectivity index (χ1v) is 8.75. The first-order valence-electron chi connectivity index (χ1n) is 8.75. The third-order valence-corrected chi connectivity index (χ3v) is 4.76. The largest absolute Gasteiger partial charge is 0.361 e. The Balaban J connectivity index is 1.77. The Morgan fingerprint density at radius 1 is 1.29 bits per heavy atom. The molecule has 5 nitrogen and oxygen atoms in total. The van der Waals surface area contributed by atoms with E-state index >= 15 is 0 Å². The van der Waals surface area contributed by atoms with E-state index in [1.807, 2.05) is 24.0 Å². The van der Waals surface area contributed by atoms with E-state index in [-0.39, 0.29) is 12.1 Å². The molecule has 0 aliphatic carbocycles. The van der Waals surface area contributed by atoms with Crippen molar-refractivity contribution in [3.8, 4) is 0 Å². The van der Waals surface area contributed by atoms with Gasteiger partial charge >= 0.3 is 6.03 Å². The van der Waals surface area contributed by atoms with E-state index in [0.29, 0.717) is 0 Å². The van der Waals surface area contributed by atoms with Gasteiger partial charge in [0.25, 0.3) is 0 Å². The lowest BCUT2D eigenvalue weighted by atomic mass is 10.0. The molecule has 1 saturated heterocycles. The van der Waals surface area contributed by atoms with E-state index in [1.165, 1.54) is 5.56 Å². The molecule has 1 aromatic heterocycles. The van der Waals surface area contributed by atoms with Gasteiger partial charge in [0.2, 0.25) is 0 Å². The molecule has 1 aromatic carbocycles. The molecule has 1 fully saturated rings. The number of hydrogen-bond acceptors (Lipinski definition) is 3. The zero-order chi connectivity index (χ0) is 17.1. The Kier molecular flexibility index (Phi) is 4.88. The average Bonchev–Trinajstić information content (AvgIpc) is 3.21. The third kappa shape index (κ3) is 3.16. The Hall–Kier alpha value is -2.30. The van der Waals surface area contributed by atoms with Crippen molar-refractivity contribution in [1.82, 2.24) is 10.1 Å². The number of rotatable bonds is 4. The van der Waals surface area contributed by atoms with E-state index in [0.717, 1.165) is 54.9 Å². The topological polar surface area (TPSA) is 58.4 Å². The summed E-state index contributed by atoms with van der Waals surface area (Å²) in [6, 6.07) is 8.03. The van der Waals surface area contributed by atoms with Crippen LogP contribution >= 0.6 is 0 Å². The van der Waals surface area contributed by atoms with Gasteiger partial charge in [-0.05, 0) is 43.9 Å². The Morgan fingerprint density at radius 3 is 2.71 bits per heavy atom. The summed E-state index contributed by atoms with van der Waals surface area (Å²) in [5, 5.41) is 7.12. The standard InChI is InChI=1S/C19H25N3O2/c1-4-14-8-10-15(11-9-14)20-19(23)22-12-6-7-16(22)18-13(3)21-24-17(18)5-2/h8-11,16H,4-7,12H2,1-3H3,(H,20,23)/t16-/m1/s1. The molecule has 3 rings (SSSR count). The van der Waals surface area contributed by atoms with Gasteiger partial charge in [-0.1, -0.05) is 31.1 Å². The Bertz CT molecular complexity index is 706. The van der Waals surface area contributed by atoms with E-state index < -0.39 is 0 Å². The van der Waals surface area contributed by atoms with Crippen molar-refractivity contribution in [1.29, 1.82) is 0 Å². The predicted molar refractivity (Wildman–Crippen MR) is 94.1 cm³/mol. The Morgan fingerprint density at radius 2 is 2.04 bits per heavy atom. The number of nitrogens with one attached hydrogen (secondary N) is 1. The van der Waals surface area contributed by atoms with Crippen LogP contribution in [-0.2, 0) is 12.8 Å². The molecule has 0 radical (unpaired) electrons. The number of hydrogen-bond donors (Lipinski definition) is 1. The molecule has 1 aliphatic heterocycles. The zero-order valence-corrected chi connectivity index (χ0v) is 14.6. The van der Waals surface area contributed by atoms with Crippen LogP contribution in [0.5, 0.6) is 0 Å². The highest BCUT2D eigenvalue weighted by atomic mass is 16.5. The van der Waals surface area contributed by atoms with Crippen molar-refractivity contribution in [3.05, 3.63) is 46.8 Å². The maximum absolute atomic E-state index is 12.7. The predicted octanol–water partition coefficient (Wildman–Crippen LogP) is 4.48. The van der Waals surface area contributed by atoms with Crippen LogP contribution in [-0.4, -0.2) is 22.6 Å². The molecule has 0 unspecified atom stereocenters. The molecule has 2 amide bonds. The number of aryl methyl sites for hydroxylation is 3. The lowest BCUT2D eigenvalue weighted by Crippen LogP contribution is -2.34. The smallest absolute Gasteiger partial charge is 0.322 e. The summed E-state index contributed by atoms with van der Waals surface area (Å²) in [4.78, 5) is 14.7. The number of carbonyl (C=O) groups is 1. The second kappa shape index (κ2) is 7.07. The fourth-order valence-corrected chi connectivity index (χ4v) is 3.43. The molecule has 0 spiro atoms. The third-order valence-electron chi connectivity index (χ3n) is 4.76. The van der Waals surface area contributed by atoms with Gasteiger partial charge in [-0.2, -0.15) is 0 Å². The zero-order valence-electron chi connectivity index (χ0n) is 14.6. The fraction of sp³-hybridized carbons (Fsp3) is 0.474. The molecule has 1 aliphatic rings. The van der Waals surface area contributed by atoms with Crippen LogP contribution in [0.3, 0.4) is 0 Å². The van der Waals surface area contributed by atoms with Gasteiger partial charge in [-0.3, -0.25) is 0 Å². The molecule has 2 heterocycles. The minimum Gasteiger partial charge on any atom is -0.361 e. The lowest BCUT2D eigenvalue weighted by Gasteiger charge is -2.25. The van der Waals surface area contributed by atoms with Gasteiger partial charge in [0.1, 0.15) is 5.76 Å². The summed E-state index contributed by atoms with van der Waals surface area (Å²) in [7, 11) is 0. The molecule has 0 bridgehead atoms. The van der Waals surface area contributed by atoms with Crippen molar-refractivity contribution in [2.24, 2.45) is 0 Å². The summed E-state index contributed by atoms with van der Waals surface area (Å²) in [6.07, 6.45) is 3.74. The quantitative estimate of drug-likeness (QED) is 0.901. The van der Waals surface area contributed by atoms with Crippen LogP contribution < -0.4 is 5.32 Å². The van der Waals surface area contributed by atoms with E-state index in [4.69, 9.17) is 4.52 Å². The summed E-state index contributed by atoms with van der Waals surface area (Å²) >= 11 is 0. The SMILES string of the molecule is CCc1ccc(NC(=O)N2CCC[C@@H]2c2c(C)noc2CC)cc1. The maximum atomic E-state index is 12.7. The molecular formula is C19H25N3O2. The highest BCUT2D eigenvalue weighted by molar-refractivity contribution is 5.89. The minimum absolute atomic E-state index is 0.0515. The normalized spacial score (nSPS) is 17.3. The fourth-order valence-electron chi connectivity index (χ4n) is 3.43. The van der Waals surface area contributed by atoms with Crippen LogP contribution in [0, 0.1) is 6.92 Å². The van der Waals surface area contributed by atoms with Gasteiger partial charge in [0.15, 0.2) is 0 Å². The van der Waals surface area contributed by atoms with Crippen molar-refractivity contribution in [3.63, 3.8) is 0 Å². The number of anilines is 1. The van der Waals surface area contributed by atoms with Crippen molar-refractivity contribution >= 4 is 11.7 Å². The summed E-state index contributed by atoms with van der Waals surface area (Å²) in [6.45, 7) is 6.89. The van der Waals surface area contributed by atoms with Crippen molar-refractivity contribution in [2.45, 2.75) is 52.5 Å². The van der Waals surface area contributed by atoms with Gasteiger partial charge in [0.05, 0.1) is 11.7 Å². The number of urea groups is 1. The second-order valence-electron chi connectivity index (χ2n) is 6.29. The number of carbonyl (C=O) groups excluding carboxylic acids is 1. The van der Waals surface area contributed by atoms with Crippen molar-refractivity contribution < 1.29 is 9.32 Å². The number of aromatic nitrogens is 1. The summed E-state index contributed by atoms with van der Waals surface area (Å²) in [5.74, 6) is 0.893. The van der Waals surface area contributed by atoms with Crippen LogP contribution in [0.15, 0.2) is 28.8 Å². The van der Waals surface area contributed by atoms with E-state index in [9.17, 15) is 4.79 Å². The average molecular weight is 327 g/mol. The lowest BCUT2D eigenvalue weighted by molar-refractivity contribution is 0.206. The number of nitrogens with zero attached hydrogens (tertiary/aromatic N) is 2. The first-order chi connectivity index (χ1) is 11.6. The van der Waals surface area contributed by atoms with Gasteiger partial charge in [-0.15, -0.1) is 0 Å². The molecule has 24 heavy (non-hydrogen) atoms. The van der Waals surface area contributed by atoms with Crippen LogP contribution in [0.2, 0.25) is 0 Å². The van der Waals surface area contributed by atoms with Crippen LogP contribution in [0.25, 0.3) is 0 Å². The van der Waals surface area contributed by atoms with Gasteiger partial charge in [0, 0.05) is 24.2 Å². The molecule has 1 N–H and O–H groups in total. The number of amides is 2. The summed E-state index contributed by atoms with van der Waals surface area (Å²) in [5.41, 5.74) is 4.08. The minimum atomic E-state index is -0.0515. The van der Waals surface area contributed by atoms with Crippen LogP contribution in [0.1, 0.15) is 55.3 Å². The highest BCUT2D eigenvalue weighted by Crippen LogP contribution is 2.36. The monoisotopic (exact) mass is 327 g/mol. The number of benzene rings is 1.